The van der Waals surface area contributed by atoms with Crippen molar-refractivity contribution < 1.29 is 13.9 Å². The topological polar surface area (TPSA) is 77.2 Å². The molecule has 2 heterocycles. The van der Waals surface area contributed by atoms with Crippen LogP contribution in [0.25, 0.3) is 0 Å². The summed E-state index contributed by atoms with van der Waals surface area (Å²) in [6.07, 6.45) is 6.35. The van der Waals surface area contributed by atoms with Crippen molar-refractivity contribution in [2.45, 2.75) is 25.8 Å². The van der Waals surface area contributed by atoms with Crippen LogP contribution in [0.3, 0.4) is 0 Å². The highest BCUT2D eigenvalue weighted by Gasteiger charge is 2.10. The van der Waals surface area contributed by atoms with Crippen molar-refractivity contribution in [3.63, 3.8) is 0 Å². The van der Waals surface area contributed by atoms with E-state index in [1.54, 1.807) is 12.5 Å². The Morgan fingerprint density at radius 2 is 2.35 bits per heavy atom. The average molecular weight is 275 g/mol. The largest absolute Gasteiger partial charge is 0.469 e. The Bertz CT molecular complexity index is 555. The number of ether oxygens (including phenoxy) is 1. The molecule has 0 bridgehead atoms. The zero-order valence-electron chi connectivity index (χ0n) is 11.5. The van der Waals surface area contributed by atoms with E-state index >= 15 is 0 Å². The Labute approximate surface area is 117 Å². The quantitative estimate of drug-likeness (QED) is 0.815. The van der Waals surface area contributed by atoms with Crippen LogP contribution in [0.1, 0.15) is 29.6 Å². The Hall–Kier alpha value is -2.37. The van der Waals surface area contributed by atoms with Gasteiger partial charge in [-0.05, 0) is 25.5 Å². The second kappa shape index (κ2) is 6.70. The highest BCUT2D eigenvalue weighted by Crippen LogP contribution is 2.10. The molecule has 106 valence electrons. The average Bonchev–Trinajstić information content (AvgIpc) is 2.98. The van der Waals surface area contributed by atoms with E-state index in [1.165, 1.54) is 13.3 Å². The molecule has 0 aromatic carbocycles. The van der Waals surface area contributed by atoms with Crippen molar-refractivity contribution in [1.82, 2.24) is 9.97 Å². The number of methoxy groups -OCH3 is 1. The minimum atomic E-state index is -0.496. The molecular weight excluding hydrogens is 258 g/mol. The second-order valence-electron chi connectivity index (χ2n) is 4.44. The molecule has 1 atom stereocenters. The molecule has 0 amide bonds. The Kier molecular flexibility index (Phi) is 4.70. The standard InChI is InChI=1S/C14H17N3O3/c1-10(5-6-11-4-3-7-20-11)16-13-9-15-8-12(17-13)14(18)19-2/h3-4,7-10H,5-6H2,1-2H3,(H,16,17). The monoisotopic (exact) mass is 275 g/mol. The molecule has 0 aliphatic carbocycles. The summed E-state index contributed by atoms with van der Waals surface area (Å²) in [5, 5.41) is 3.20. The Morgan fingerprint density at radius 3 is 3.05 bits per heavy atom. The molecule has 20 heavy (non-hydrogen) atoms. The molecular formula is C14H17N3O3. The summed E-state index contributed by atoms with van der Waals surface area (Å²) in [6, 6.07) is 4.01. The van der Waals surface area contributed by atoms with Crippen molar-refractivity contribution in [3.05, 3.63) is 42.2 Å². The maximum atomic E-state index is 11.4. The first-order valence-corrected chi connectivity index (χ1v) is 6.38. The van der Waals surface area contributed by atoms with Crippen LogP contribution in [0.2, 0.25) is 0 Å². The van der Waals surface area contributed by atoms with Gasteiger partial charge in [0.05, 0.1) is 25.8 Å². The van der Waals surface area contributed by atoms with Crippen molar-refractivity contribution >= 4 is 11.8 Å². The van der Waals surface area contributed by atoms with Gasteiger partial charge in [0.2, 0.25) is 0 Å². The summed E-state index contributed by atoms with van der Waals surface area (Å²) in [5.41, 5.74) is 0.190. The first kappa shape index (κ1) is 14.0. The Morgan fingerprint density at radius 1 is 1.50 bits per heavy atom. The fourth-order valence-electron chi connectivity index (χ4n) is 1.78. The predicted octanol–water partition coefficient (Wildman–Crippen LogP) is 2.29. The number of hydrogen-bond acceptors (Lipinski definition) is 6. The van der Waals surface area contributed by atoms with Crippen LogP contribution >= 0.6 is 0 Å². The lowest BCUT2D eigenvalue weighted by atomic mass is 10.1. The highest BCUT2D eigenvalue weighted by atomic mass is 16.5. The third-order valence-corrected chi connectivity index (χ3v) is 2.83. The molecule has 0 fully saturated rings. The zero-order chi connectivity index (χ0) is 14.4. The molecule has 0 radical (unpaired) electrons. The summed E-state index contributed by atoms with van der Waals surface area (Å²) in [5.74, 6) is 1.01. The van der Waals surface area contributed by atoms with Gasteiger partial charge in [0.15, 0.2) is 5.69 Å². The van der Waals surface area contributed by atoms with Gasteiger partial charge in [-0.25, -0.2) is 9.78 Å². The molecule has 2 aromatic rings. The number of furan rings is 1. The number of nitrogens with one attached hydrogen (secondary N) is 1. The molecule has 0 aliphatic heterocycles. The van der Waals surface area contributed by atoms with Crippen LogP contribution in [0, 0.1) is 0 Å². The van der Waals surface area contributed by atoms with Gasteiger partial charge in [0.25, 0.3) is 0 Å². The van der Waals surface area contributed by atoms with Crippen molar-refractivity contribution in [1.29, 1.82) is 0 Å². The molecule has 2 aromatic heterocycles. The number of rotatable bonds is 6. The van der Waals surface area contributed by atoms with Crippen LogP contribution < -0.4 is 5.32 Å². The van der Waals surface area contributed by atoms with E-state index in [-0.39, 0.29) is 11.7 Å². The van der Waals surface area contributed by atoms with Crippen LogP contribution in [0.15, 0.2) is 35.2 Å². The van der Waals surface area contributed by atoms with Crippen molar-refractivity contribution in [2.75, 3.05) is 12.4 Å². The molecule has 0 saturated heterocycles. The van der Waals surface area contributed by atoms with Gasteiger partial charge in [0, 0.05) is 12.5 Å². The van der Waals surface area contributed by atoms with Crippen LogP contribution in [0.4, 0.5) is 5.82 Å². The predicted molar refractivity (Wildman–Crippen MR) is 73.5 cm³/mol. The first-order valence-electron chi connectivity index (χ1n) is 6.38. The molecule has 6 nitrogen and oxygen atoms in total. The maximum absolute atomic E-state index is 11.4. The lowest BCUT2D eigenvalue weighted by Gasteiger charge is -2.13. The third-order valence-electron chi connectivity index (χ3n) is 2.83. The summed E-state index contributed by atoms with van der Waals surface area (Å²) < 4.78 is 9.89. The van der Waals surface area contributed by atoms with Gasteiger partial charge >= 0.3 is 5.97 Å². The fourth-order valence-corrected chi connectivity index (χ4v) is 1.78. The van der Waals surface area contributed by atoms with E-state index < -0.39 is 5.97 Å². The third kappa shape index (κ3) is 3.81. The minimum Gasteiger partial charge on any atom is -0.469 e. The summed E-state index contributed by atoms with van der Waals surface area (Å²) in [4.78, 5) is 19.5. The molecule has 1 N–H and O–H groups in total. The number of hydrogen-bond donors (Lipinski definition) is 1. The maximum Gasteiger partial charge on any atom is 0.358 e. The number of aromatic nitrogens is 2. The zero-order valence-corrected chi connectivity index (χ0v) is 11.5. The van der Waals surface area contributed by atoms with Crippen LogP contribution in [-0.2, 0) is 11.2 Å². The van der Waals surface area contributed by atoms with E-state index in [0.717, 1.165) is 18.6 Å². The SMILES string of the molecule is COC(=O)c1cncc(NC(C)CCc2ccco2)n1. The van der Waals surface area contributed by atoms with Gasteiger partial charge in [-0.15, -0.1) is 0 Å². The lowest BCUT2D eigenvalue weighted by Crippen LogP contribution is -2.18. The number of anilines is 1. The molecule has 2 rings (SSSR count). The van der Waals surface area contributed by atoms with Crippen LogP contribution in [0.5, 0.6) is 0 Å². The van der Waals surface area contributed by atoms with Gasteiger partial charge in [-0.2, -0.15) is 0 Å². The van der Waals surface area contributed by atoms with Gasteiger partial charge < -0.3 is 14.5 Å². The smallest absolute Gasteiger partial charge is 0.358 e. The van der Waals surface area contributed by atoms with E-state index in [4.69, 9.17) is 4.42 Å². The minimum absolute atomic E-state index is 0.183. The number of aryl methyl sites for hydroxylation is 1. The number of carbonyl (C=O) groups excluding carboxylic acids is 1. The molecule has 0 aliphatic rings. The molecule has 0 spiro atoms. The van der Waals surface area contributed by atoms with E-state index in [2.05, 4.69) is 20.0 Å². The van der Waals surface area contributed by atoms with E-state index in [1.807, 2.05) is 19.1 Å². The van der Waals surface area contributed by atoms with Gasteiger partial charge in [-0.3, -0.25) is 4.98 Å². The lowest BCUT2D eigenvalue weighted by molar-refractivity contribution is 0.0593. The normalized spacial score (nSPS) is 11.9. The van der Waals surface area contributed by atoms with E-state index in [0.29, 0.717) is 5.82 Å². The van der Waals surface area contributed by atoms with Gasteiger partial charge in [0.1, 0.15) is 11.6 Å². The highest BCUT2D eigenvalue weighted by molar-refractivity contribution is 5.87. The summed E-state index contributed by atoms with van der Waals surface area (Å²) in [6.45, 7) is 2.04. The number of carbonyl (C=O) groups is 1. The summed E-state index contributed by atoms with van der Waals surface area (Å²) in [7, 11) is 1.32. The van der Waals surface area contributed by atoms with Crippen molar-refractivity contribution in [2.24, 2.45) is 0 Å². The first-order chi connectivity index (χ1) is 9.69. The second-order valence-corrected chi connectivity index (χ2v) is 4.44. The molecule has 1 unspecified atom stereocenters. The Balaban J connectivity index is 1.90. The van der Waals surface area contributed by atoms with E-state index in [9.17, 15) is 4.79 Å². The van der Waals surface area contributed by atoms with Crippen LogP contribution in [-0.4, -0.2) is 29.1 Å². The molecule has 6 heteroatoms. The van der Waals surface area contributed by atoms with Crippen molar-refractivity contribution in [3.8, 4) is 0 Å². The number of esters is 1. The van der Waals surface area contributed by atoms with Gasteiger partial charge in [-0.1, -0.05) is 0 Å². The summed E-state index contributed by atoms with van der Waals surface area (Å²) >= 11 is 0. The number of nitrogens with zero attached hydrogens (tertiary/aromatic N) is 2. The molecule has 0 saturated carbocycles. The fraction of sp³-hybridized carbons (Fsp3) is 0.357.